The molecule has 2 heterocycles. The molecule has 0 aliphatic heterocycles. The van der Waals surface area contributed by atoms with Gasteiger partial charge in [0.1, 0.15) is 5.82 Å². The Kier molecular flexibility index (Phi) is 3.59. The average Bonchev–Trinajstić information content (AvgIpc) is 3.04. The van der Waals surface area contributed by atoms with Crippen LogP contribution in [-0.2, 0) is 6.42 Å². The second-order valence-electron chi connectivity index (χ2n) is 5.27. The number of Topliss-reactive ketones (excluding diaryl/α,β-unsaturated/α-hetero) is 1. The number of carbonyl (C=O) groups is 1. The molecule has 3 aromatic rings. The Morgan fingerprint density at radius 2 is 2.14 bits per heavy atom. The number of aromatic nitrogens is 2. The van der Waals surface area contributed by atoms with Gasteiger partial charge < -0.3 is 0 Å². The largest absolute Gasteiger partial charge is 0.293 e. The maximum Gasteiger partial charge on any atom is 0.178 e. The fourth-order valence-electron chi connectivity index (χ4n) is 2.15. The SMILES string of the molecule is CC(C)n1ccc(CC(=O)c2cc3ccc(F)cc3s2)n1. The molecule has 0 fully saturated rings. The van der Waals surface area contributed by atoms with Gasteiger partial charge in [0.25, 0.3) is 0 Å². The zero-order valence-corrected chi connectivity index (χ0v) is 12.7. The number of fused-ring (bicyclic) bond motifs is 1. The van der Waals surface area contributed by atoms with Crippen molar-refractivity contribution in [3.05, 3.63) is 52.9 Å². The molecule has 0 unspecified atom stereocenters. The van der Waals surface area contributed by atoms with E-state index in [2.05, 4.69) is 5.10 Å². The topological polar surface area (TPSA) is 34.9 Å². The van der Waals surface area contributed by atoms with Crippen LogP contribution in [0.5, 0.6) is 0 Å². The van der Waals surface area contributed by atoms with Gasteiger partial charge in [-0.05, 0) is 43.5 Å². The predicted octanol–water partition coefficient (Wildman–Crippen LogP) is 4.24. The summed E-state index contributed by atoms with van der Waals surface area (Å²) in [4.78, 5) is 13.0. The number of hydrogen-bond acceptors (Lipinski definition) is 3. The molecule has 0 saturated heterocycles. The van der Waals surface area contributed by atoms with Crippen molar-refractivity contribution in [3.63, 3.8) is 0 Å². The van der Waals surface area contributed by atoms with Gasteiger partial charge in [0.15, 0.2) is 5.78 Å². The van der Waals surface area contributed by atoms with Gasteiger partial charge >= 0.3 is 0 Å². The van der Waals surface area contributed by atoms with E-state index in [-0.39, 0.29) is 24.1 Å². The highest BCUT2D eigenvalue weighted by atomic mass is 32.1. The van der Waals surface area contributed by atoms with Gasteiger partial charge in [-0.2, -0.15) is 5.10 Å². The van der Waals surface area contributed by atoms with E-state index in [0.717, 1.165) is 15.8 Å². The van der Waals surface area contributed by atoms with Crippen LogP contribution in [-0.4, -0.2) is 15.6 Å². The van der Waals surface area contributed by atoms with Gasteiger partial charge in [-0.3, -0.25) is 9.48 Å². The molecule has 0 amide bonds. The summed E-state index contributed by atoms with van der Waals surface area (Å²) in [6.07, 6.45) is 2.16. The molecule has 1 aromatic carbocycles. The molecule has 0 atom stereocenters. The van der Waals surface area contributed by atoms with Crippen LogP contribution in [0, 0.1) is 5.82 Å². The highest BCUT2D eigenvalue weighted by molar-refractivity contribution is 7.20. The molecule has 0 saturated carbocycles. The van der Waals surface area contributed by atoms with Crippen LogP contribution >= 0.6 is 11.3 Å². The smallest absolute Gasteiger partial charge is 0.178 e. The Morgan fingerprint density at radius 3 is 2.86 bits per heavy atom. The van der Waals surface area contributed by atoms with Crippen LogP contribution in [0.2, 0.25) is 0 Å². The molecule has 108 valence electrons. The van der Waals surface area contributed by atoms with Gasteiger partial charge in [-0.15, -0.1) is 11.3 Å². The van der Waals surface area contributed by atoms with Crippen molar-refractivity contribution in [2.24, 2.45) is 0 Å². The van der Waals surface area contributed by atoms with E-state index < -0.39 is 0 Å². The maximum atomic E-state index is 13.2. The molecular formula is C16H15FN2OS. The zero-order chi connectivity index (χ0) is 15.0. The zero-order valence-electron chi connectivity index (χ0n) is 11.8. The van der Waals surface area contributed by atoms with E-state index in [1.165, 1.54) is 23.5 Å². The lowest BCUT2D eigenvalue weighted by Gasteiger charge is -2.03. The third-order valence-electron chi connectivity index (χ3n) is 3.29. The van der Waals surface area contributed by atoms with E-state index >= 15 is 0 Å². The van der Waals surface area contributed by atoms with Crippen LogP contribution in [0.3, 0.4) is 0 Å². The summed E-state index contributed by atoms with van der Waals surface area (Å²) in [5.74, 6) is -0.260. The predicted molar refractivity (Wildman–Crippen MR) is 82.4 cm³/mol. The number of rotatable bonds is 4. The molecule has 0 bridgehead atoms. The summed E-state index contributed by atoms with van der Waals surface area (Å²) >= 11 is 1.33. The molecular weight excluding hydrogens is 287 g/mol. The highest BCUT2D eigenvalue weighted by Gasteiger charge is 2.13. The second-order valence-corrected chi connectivity index (χ2v) is 6.36. The minimum atomic E-state index is -0.279. The molecule has 5 heteroatoms. The molecule has 0 N–H and O–H groups in total. The van der Waals surface area contributed by atoms with Crippen LogP contribution in [0.15, 0.2) is 36.5 Å². The molecule has 0 radical (unpaired) electrons. The number of carbonyl (C=O) groups excluding carboxylic acids is 1. The quantitative estimate of drug-likeness (QED) is 0.676. The molecule has 0 spiro atoms. The fourth-order valence-corrected chi connectivity index (χ4v) is 3.18. The minimum Gasteiger partial charge on any atom is -0.293 e. The lowest BCUT2D eigenvalue weighted by Crippen LogP contribution is -2.05. The van der Waals surface area contributed by atoms with E-state index in [1.807, 2.05) is 36.9 Å². The van der Waals surface area contributed by atoms with E-state index in [0.29, 0.717) is 4.88 Å². The van der Waals surface area contributed by atoms with E-state index in [4.69, 9.17) is 0 Å². The van der Waals surface area contributed by atoms with Crippen LogP contribution in [0.25, 0.3) is 10.1 Å². The molecule has 0 aliphatic rings. The third kappa shape index (κ3) is 2.88. The van der Waals surface area contributed by atoms with E-state index in [1.54, 1.807) is 6.07 Å². The van der Waals surface area contributed by atoms with E-state index in [9.17, 15) is 9.18 Å². The van der Waals surface area contributed by atoms with Gasteiger partial charge in [-0.25, -0.2) is 4.39 Å². The lowest BCUT2D eigenvalue weighted by atomic mass is 10.2. The van der Waals surface area contributed by atoms with Gasteiger partial charge in [0.05, 0.1) is 17.0 Å². The fraction of sp³-hybridized carbons (Fsp3) is 0.250. The third-order valence-corrected chi connectivity index (χ3v) is 4.43. The summed E-state index contributed by atoms with van der Waals surface area (Å²) < 4.78 is 15.8. The van der Waals surface area contributed by atoms with Gasteiger partial charge in [0.2, 0.25) is 0 Å². The first-order chi connectivity index (χ1) is 10.0. The lowest BCUT2D eigenvalue weighted by molar-refractivity contribution is 0.0995. The Bertz CT molecular complexity index is 804. The van der Waals surface area contributed by atoms with Crippen LogP contribution in [0.1, 0.15) is 35.3 Å². The normalized spacial score (nSPS) is 11.4. The van der Waals surface area contributed by atoms with Crippen molar-refractivity contribution < 1.29 is 9.18 Å². The van der Waals surface area contributed by atoms with Crippen molar-refractivity contribution in [1.82, 2.24) is 9.78 Å². The minimum absolute atomic E-state index is 0.0191. The highest BCUT2D eigenvalue weighted by Crippen LogP contribution is 2.27. The average molecular weight is 302 g/mol. The van der Waals surface area contributed by atoms with Crippen molar-refractivity contribution in [3.8, 4) is 0 Å². The van der Waals surface area contributed by atoms with Crippen molar-refractivity contribution in [2.75, 3.05) is 0 Å². The molecule has 21 heavy (non-hydrogen) atoms. The van der Waals surface area contributed by atoms with Crippen molar-refractivity contribution in [1.29, 1.82) is 0 Å². The monoisotopic (exact) mass is 302 g/mol. The molecule has 3 nitrogen and oxygen atoms in total. The standard InChI is InChI=1S/C16H15FN2OS/c1-10(2)19-6-5-13(18-19)9-14(20)16-7-11-3-4-12(17)8-15(11)21-16/h3-8,10H,9H2,1-2H3. The van der Waals surface area contributed by atoms with Gasteiger partial charge in [0, 0.05) is 16.9 Å². The number of halogens is 1. The number of thiophene rings is 1. The summed E-state index contributed by atoms with van der Waals surface area (Å²) in [5.41, 5.74) is 0.761. The molecule has 0 aliphatic carbocycles. The maximum absolute atomic E-state index is 13.2. The Hall–Kier alpha value is -2.01. The number of ketones is 1. The summed E-state index contributed by atoms with van der Waals surface area (Å²) in [6.45, 7) is 4.08. The van der Waals surface area contributed by atoms with Crippen molar-refractivity contribution in [2.45, 2.75) is 26.3 Å². The summed E-state index contributed by atoms with van der Waals surface area (Å²) in [6, 6.07) is 8.54. The van der Waals surface area contributed by atoms with Crippen molar-refractivity contribution >= 4 is 27.2 Å². The first-order valence-electron chi connectivity index (χ1n) is 6.79. The van der Waals surface area contributed by atoms with Crippen LogP contribution < -0.4 is 0 Å². The summed E-state index contributed by atoms with van der Waals surface area (Å²) in [5, 5.41) is 5.28. The molecule has 3 rings (SSSR count). The van der Waals surface area contributed by atoms with Gasteiger partial charge in [-0.1, -0.05) is 6.07 Å². The summed E-state index contributed by atoms with van der Waals surface area (Å²) in [7, 11) is 0. The number of benzene rings is 1. The first-order valence-corrected chi connectivity index (χ1v) is 7.61. The Labute approximate surface area is 126 Å². The number of hydrogen-bond donors (Lipinski definition) is 0. The Morgan fingerprint density at radius 1 is 1.33 bits per heavy atom. The Balaban J connectivity index is 1.82. The van der Waals surface area contributed by atoms with Crippen LogP contribution in [0.4, 0.5) is 4.39 Å². The second kappa shape index (κ2) is 5.41. The first kappa shape index (κ1) is 13.9. The molecule has 2 aromatic heterocycles. The number of nitrogens with zero attached hydrogens (tertiary/aromatic N) is 2.